The summed E-state index contributed by atoms with van der Waals surface area (Å²) in [7, 11) is 3.19. The maximum absolute atomic E-state index is 4.80. The fourth-order valence-electron chi connectivity index (χ4n) is 0.530. The van der Waals surface area contributed by atoms with E-state index in [0.717, 1.165) is 19.6 Å². The standard InChI is InChI=1S/C4H7O2.C4H7O.Y/c1-5-2-4-3-6-4;1-2-4-3-5-4;/h4H,1-3H2;4H,1-3H2;/q2*-1;. The molecule has 2 fully saturated rings. The molecule has 2 saturated heterocycles. The van der Waals surface area contributed by atoms with E-state index in [1.807, 2.05) is 0 Å². The zero-order valence-electron chi connectivity index (χ0n) is 7.20. The molecule has 1 radical (unpaired) electrons. The monoisotopic (exact) mass is 247 g/mol. The van der Waals surface area contributed by atoms with Crippen molar-refractivity contribution in [3.63, 3.8) is 0 Å². The molecule has 0 aromatic rings. The normalized spacial score (nSPS) is 29.5. The van der Waals surface area contributed by atoms with E-state index < -0.39 is 0 Å². The van der Waals surface area contributed by atoms with Gasteiger partial charge in [0.1, 0.15) is 6.10 Å². The van der Waals surface area contributed by atoms with Gasteiger partial charge in [-0.2, -0.15) is 6.42 Å². The molecular weight excluding hydrogens is 233 g/mol. The summed E-state index contributed by atoms with van der Waals surface area (Å²) in [6, 6.07) is 0. The van der Waals surface area contributed by atoms with Crippen molar-refractivity contribution in [1.29, 1.82) is 0 Å². The van der Waals surface area contributed by atoms with Crippen LogP contribution in [0.25, 0.3) is 0 Å². The molecule has 0 spiro atoms. The summed E-state index contributed by atoms with van der Waals surface area (Å²) in [6.45, 7) is 6.08. The maximum Gasteiger partial charge on any atom is 0.101 e. The van der Waals surface area contributed by atoms with Gasteiger partial charge in [-0.1, -0.05) is 0 Å². The SMILES string of the molecule is [CH2-]CC1CO1.[CH2-]OCC1CO1.[Y]. The van der Waals surface area contributed by atoms with E-state index >= 15 is 0 Å². The molecule has 2 heterocycles. The van der Waals surface area contributed by atoms with Gasteiger partial charge in [-0.25, -0.2) is 7.11 Å². The van der Waals surface area contributed by atoms with Crippen LogP contribution in [0.3, 0.4) is 0 Å². The van der Waals surface area contributed by atoms with Gasteiger partial charge in [0.05, 0.1) is 19.3 Å². The summed E-state index contributed by atoms with van der Waals surface area (Å²) >= 11 is 0. The van der Waals surface area contributed by atoms with Crippen LogP contribution in [-0.2, 0) is 46.9 Å². The molecule has 4 heteroatoms. The summed E-state index contributed by atoms with van der Waals surface area (Å²) in [4.78, 5) is 0. The molecule has 2 rings (SSSR count). The van der Waals surface area contributed by atoms with Gasteiger partial charge < -0.3 is 21.1 Å². The van der Waals surface area contributed by atoms with Crippen molar-refractivity contribution < 1.29 is 46.9 Å². The average molecular weight is 247 g/mol. The Kier molecular flexibility index (Phi) is 8.00. The second-order valence-corrected chi connectivity index (χ2v) is 2.57. The Hall–Kier alpha value is 0.984. The van der Waals surface area contributed by atoms with E-state index in [1.54, 1.807) is 0 Å². The Balaban J connectivity index is 0.000000189. The van der Waals surface area contributed by atoms with E-state index in [4.69, 9.17) is 9.47 Å². The fraction of sp³-hybridized carbons (Fsp3) is 0.750. The van der Waals surface area contributed by atoms with Crippen molar-refractivity contribution >= 4 is 0 Å². The van der Waals surface area contributed by atoms with Crippen LogP contribution < -0.4 is 0 Å². The van der Waals surface area contributed by atoms with Crippen LogP contribution >= 0.6 is 0 Å². The molecule has 69 valence electrons. The van der Waals surface area contributed by atoms with E-state index in [1.165, 1.54) is 0 Å². The first kappa shape index (κ1) is 13.0. The van der Waals surface area contributed by atoms with Crippen LogP contribution in [0, 0.1) is 14.0 Å². The number of epoxide rings is 2. The van der Waals surface area contributed by atoms with Gasteiger partial charge in [-0.3, -0.25) is 0 Å². The summed E-state index contributed by atoms with van der Waals surface area (Å²) < 4.78 is 14.1. The molecule has 0 aromatic heterocycles. The maximum atomic E-state index is 4.80. The van der Waals surface area contributed by atoms with E-state index in [0.29, 0.717) is 18.8 Å². The minimum absolute atomic E-state index is 0. The Morgan fingerprint density at radius 3 is 1.83 bits per heavy atom. The first-order valence-electron chi connectivity index (χ1n) is 3.76. The van der Waals surface area contributed by atoms with Crippen molar-refractivity contribution in [2.45, 2.75) is 18.6 Å². The van der Waals surface area contributed by atoms with Gasteiger partial charge in [-0.05, 0) is 0 Å². The van der Waals surface area contributed by atoms with Gasteiger partial charge in [0.15, 0.2) is 0 Å². The first-order chi connectivity index (χ1) is 5.36. The summed E-state index contributed by atoms with van der Waals surface area (Å²) in [6.07, 6.45) is 1.83. The number of ether oxygens (including phenoxy) is 3. The molecule has 2 aliphatic rings. The molecule has 2 atom stereocenters. The van der Waals surface area contributed by atoms with Gasteiger partial charge >= 0.3 is 0 Å². The predicted octanol–water partition coefficient (Wildman–Crippen LogP) is 0.800. The molecule has 0 saturated carbocycles. The second-order valence-electron chi connectivity index (χ2n) is 2.57. The van der Waals surface area contributed by atoms with Gasteiger partial charge in [-0.15, -0.1) is 0 Å². The van der Waals surface area contributed by atoms with Gasteiger partial charge in [0.2, 0.25) is 0 Å². The van der Waals surface area contributed by atoms with Crippen molar-refractivity contribution in [2.75, 3.05) is 19.8 Å². The van der Waals surface area contributed by atoms with Crippen LogP contribution in [0.4, 0.5) is 0 Å². The second kappa shape index (κ2) is 7.39. The zero-order valence-corrected chi connectivity index (χ0v) is 10.0. The topological polar surface area (TPSA) is 34.3 Å². The molecule has 2 aliphatic heterocycles. The van der Waals surface area contributed by atoms with Crippen molar-refractivity contribution in [3.05, 3.63) is 14.0 Å². The molecule has 3 nitrogen and oxygen atoms in total. The molecule has 0 aromatic carbocycles. The number of rotatable bonds is 3. The summed E-state index contributed by atoms with van der Waals surface area (Å²) in [5.41, 5.74) is 0. The summed E-state index contributed by atoms with van der Waals surface area (Å²) in [5, 5.41) is 0. The van der Waals surface area contributed by atoms with Crippen molar-refractivity contribution in [3.8, 4) is 0 Å². The van der Waals surface area contributed by atoms with Crippen LogP contribution in [0.15, 0.2) is 0 Å². The van der Waals surface area contributed by atoms with Crippen LogP contribution in [-0.4, -0.2) is 32.0 Å². The van der Waals surface area contributed by atoms with Crippen LogP contribution in [0.2, 0.25) is 0 Å². The minimum Gasteiger partial charge on any atom is -0.553 e. The van der Waals surface area contributed by atoms with Gasteiger partial charge in [0, 0.05) is 39.3 Å². The third-order valence-corrected chi connectivity index (χ3v) is 1.43. The minimum atomic E-state index is 0. The molecule has 0 N–H and O–H groups in total. The van der Waals surface area contributed by atoms with Gasteiger partial charge in [0.25, 0.3) is 0 Å². The Labute approximate surface area is 99.0 Å². The first-order valence-corrected chi connectivity index (χ1v) is 3.76. The van der Waals surface area contributed by atoms with Crippen molar-refractivity contribution in [1.82, 2.24) is 0 Å². The molecule has 2 unspecified atom stereocenters. The molecule has 0 amide bonds. The molecule has 0 aliphatic carbocycles. The molecule has 0 bridgehead atoms. The predicted molar refractivity (Wildman–Crippen MR) is 40.8 cm³/mol. The molecule has 12 heavy (non-hydrogen) atoms. The number of hydrogen-bond donors (Lipinski definition) is 0. The fourth-order valence-corrected chi connectivity index (χ4v) is 0.530. The largest absolute Gasteiger partial charge is 0.553 e. The van der Waals surface area contributed by atoms with E-state index in [2.05, 4.69) is 18.8 Å². The van der Waals surface area contributed by atoms with E-state index in [9.17, 15) is 0 Å². The zero-order chi connectivity index (χ0) is 8.10. The molecular formula is C8H14O3Y-2. The third kappa shape index (κ3) is 7.62. The Morgan fingerprint density at radius 2 is 1.75 bits per heavy atom. The van der Waals surface area contributed by atoms with Crippen molar-refractivity contribution in [2.24, 2.45) is 0 Å². The Morgan fingerprint density at radius 1 is 1.25 bits per heavy atom. The Bertz CT molecular complexity index is 102. The van der Waals surface area contributed by atoms with E-state index in [-0.39, 0.29) is 32.7 Å². The third-order valence-electron chi connectivity index (χ3n) is 1.43. The smallest absolute Gasteiger partial charge is 0.101 e. The van der Waals surface area contributed by atoms with Crippen LogP contribution in [0.1, 0.15) is 6.42 Å². The quantitative estimate of drug-likeness (QED) is 0.546. The number of hydrogen-bond acceptors (Lipinski definition) is 3. The summed E-state index contributed by atoms with van der Waals surface area (Å²) in [5.74, 6) is 0. The van der Waals surface area contributed by atoms with Crippen LogP contribution in [0.5, 0.6) is 0 Å². The average Bonchev–Trinajstić information content (AvgIpc) is 2.87.